The van der Waals surface area contributed by atoms with Gasteiger partial charge >= 0.3 is 0 Å². The van der Waals surface area contributed by atoms with Crippen molar-refractivity contribution in [2.45, 2.75) is 46.6 Å². The zero-order valence-corrected chi connectivity index (χ0v) is 17.1. The third-order valence-electron chi connectivity index (χ3n) is 4.42. The fraction of sp³-hybridized carbons (Fsp3) is 0.364. The van der Waals surface area contributed by atoms with E-state index < -0.39 is 6.04 Å². The van der Waals surface area contributed by atoms with Crippen molar-refractivity contribution in [2.24, 2.45) is 5.92 Å². The summed E-state index contributed by atoms with van der Waals surface area (Å²) >= 11 is 5.88. The molecule has 0 bridgehead atoms. The first-order chi connectivity index (χ1) is 12.8. The molecule has 144 valence electrons. The number of aryl methyl sites for hydroxylation is 2. The van der Waals surface area contributed by atoms with Crippen LogP contribution >= 0.6 is 11.6 Å². The van der Waals surface area contributed by atoms with Gasteiger partial charge in [-0.05, 0) is 61.1 Å². The molecular weight excluding hydrogens is 360 g/mol. The van der Waals surface area contributed by atoms with Gasteiger partial charge < -0.3 is 10.6 Å². The SMILES string of the molecule is CCc1cccc(C)c1NC(=O)[C@H](CC(C)C)NC(=O)c1ccc(Cl)cc1. The molecule has 0 radical (unpaired) electrons. The summed E-state index contributed by atoms with van der Waals surface area (Å²) in [5.74, 6) is -0.225. The number of rotatable bonds is 7. The van der Waals surface area contributed by atoms with Crippen molar-refractivity contribution in [1.29, 1.82) is 0 Å². The molecule has 2 rings (SSSR count). The maximum absolute atomic E-state index is 12.9. The molecule has 5 heteroatoms. The molecule has 0 saturated carbocycles. The average Bonchev–Trinajstić information content (AvgIpc) is 2.62. The summed E-state index contributed by atoms with van der Waals surface area (Å²) in [5.41, 5.74) is 3.40. The van der Waals surface area contributed by atoms with E-state index in [0.29, 0.717) is 17.0 Å². The Labute approximate surface area is 166 Å². The Morgan fingerprint density at radius 2 is 1.74 bits per heavy atom. The van der Waals surface area contributed by atoms with E-state index in [9.17, 15) is 9.59 Å². The molecule has 0 fully saturated rings. The summed E-state index contributed by atoms with van der Waals surface area (Å²) in [5, 5.41) is 6.46. The van der Waals surface area contributed by atoms with E-state index in [4.69, 9.17) is 11.6 Å². The van der Waals surface area contributed by atoms with Crippen molar-refractivity contribution in [3.05, 3.63) is 64.2 Å². The van der Waals surface area contributed by atoms with Crippen LogP contribution in [0.3, 0.4) is 0 Å². The Morgan fingerprint density at radius 1 is 1.07 bits per heavy atom. The molecule has 0 aliphatic heterocycles. The predicted octanol–water partition coefficient (Wildman–Crippen LogP) is 4.99. The van der Waals surface area contributed by atoms with Gasteiger partial charge in [-0.3, -0.25) is 9.59 Å². The van der Waals surface area contributed by atoms with Gasteiger partial charge in [-0.1, -0.05) is 50.6 Å². The van der Waals surface area contributed by atoms with Crippen molar-refractivity contribution >= 4 is 29.1 Å². The van der Waals surface area contributed by atoms with Gasteiger partial charge in [-0.25, -0.2) is 0 Å². The van der Waals surface area contributed by atoms with Crippen molar-refractivity contribution < 1.29 is 9.59 Å². The van der Waals surface area contributed by atoms with Crippen molar-refractivity contribution in [3.63, 3.8) is 0 Å². The summed E-state index contributed by atoms with van der Waals surface area (Å²) in [6.07, 6.45) is 1.38. The van der Waals surface area contributed by atoms with E-state index in [1.54, 1.807) is 24.3 Å². The van der Waals surface area contributed by atoms with Crippen molar-refractivity contribution in [1.82, 2.24) is 5.32 Å². The lowest BCUT2D eigenvalue weighted by molar-refractivity contribution is -0.118. The molecule has 27 heavy (non-hydrogen) atoms. The fourth-order valence-electron chi connectivity index (χ4n) is 2.96. The smallest absolute Gasteiger partial charge is 0.251 e. The van der Waals surface area contributed by atoms with Gasteiger partial charge in [0.25, 0.3) is 5.91 Å². The minimum atomic E-state index is -0.613. The molecule has 0 saturated heterocycles. The van der Waals surface area contributed by atoms with Gasteiger partial charge in [-0.15, -0.1) is 0 Å². The number of hydrogen-bond donors (Lipinski definition) is 2. The third kappa shape index (κ3) is 5.83. The molecule has 0 spiro atoms. The normalized spacial score (nSPS) is 11.9. The molecule has 2 N–H and O–H groups in total. The summed E-state index contributed by atoms with van der Waals surface area (Å²) in [6.45, 7) is 8.08. The highest BCUT2D eigenvalue weighted by atomic mass is 35.5. The van der Waals surface area contributed by atoms with Crippen LogP contribution in [0.4, 0.5) is 5.69 Å². The molecule has 0 aliphatic rings. The van der Waals surface area contributed by atoms with Crippen LogP contribution in [0.5, 0.6) is 0 Å². The molecule has 2 amide bonds. The van der Waals surface area contributed by atoms with E-state index in [1.807, 2.05) is 39.0 Å². The quantitative estimate of drug-likeness (QED) is 0.703. The lowest BCUT2D eigenvalue weighted by Gasteiger charge is -2.22. The standard InChI is InChI=1S/C22H27ClN2O2/c1-5-16-8-6-7-15(4)20(16)25-22(27)19(13-14(2)3)24-21(26)17-9-11-18(23)12-10-17/h6-12,14,19H,5,13H2,1-4H3,(H,24,26)(H,25,27)/t19-/m0/s1. The number of amides is 2. The number of carbonyl (C=O) groups is 2. The van der Waals surface area contributed by atoms with E-state index in [1.165, 1.54) is 0 Å². The highest BCUT2D eigenvalue weighted by Crippen LogP contribution is 2.22. The van der Waals surface area contributed by atoms with Gasteiger partial charge in [0.05, 0.1) is 0 Å². The van der Waals surface area contributed by atoms with Gasteiger partial charge in [0, 0.05) is 16.3 Å². The average molecular weight is 387 g/mol. The van der Waals surface area contributed by atoms with Crippen LogP contribution in [-0.4, -0.2) is 17.9 Å². The van der Waals surface area contributed by atoms with Crippen LogP contribution in [0.2, 0.25) is 5.02 Å². The second-order valence-electron chi connectivity index (χ2n) is 7.11. The molecular formula is C22H27ClN2O2. The Morgan fingerprint density at radius 3 is 2.33 bits per heavy atom. The topological polar surface area (TPSA) is 58.2 Å². The molecule has 1 atom stereocenters. The largest absolute Gasteiger partial charge is 0.340 e. The van der Waals surface area contributed by atoms with E-state index in [2.05, 4.69) is 17.6 Å². The molecule has 0 heterocycles. The predicted molar refractivity (Wildman–Crippen MR) is 111 cm³/mol. The zero-order chi connectivity index (χ0) is 20.0. The Balaban J connectivity index is 2.19. The van der Waals surface area contributed by atoms with Crippen molar-refractivity contribution in [2.75, 3.05) is 5.32 Å². The molecule has 0 aromatic heterocycles. The molecule has 0 unspecified atom stereocenters. The van der Waals surface area contributed by atoms with E-state index in [-0.39, 0.29) is 17.7 Å². The van der Waals surface area contributed by atoms with E-state index >= 15 is 0 Å². The number of anilines is 1. The summed E-state index contributed by atoms with van der Waals surface area (Å²) in [7, 11) is 0. The van der Waals surface area contributed by atoms with Gasteiger partial charge in [0.15, 0.2) is 0 Å². The molecule has 4 nitrogen and oxygen atoms in total. The van der Waals surface area contributed by atoms with Gasteiger partial charge in [-0.2, -0.15) is 0 Å². The maximum Gasteiger partial charge on any atom is 0.251 e. The van der Waals surface area contributed by atoms with Crippen LogP contribution in [0, 0.1) is 12.8 Å². The van der Waals surface area contributed by atoms with Crippen LogP contribution in [0.15, 0.2) is 42.5 Å². The van der Waals surface area contributed by atoms with Crippen LogP contribution in [-0.2, 0) is 11.2 Å². The fourth-order valence-corrected chi connectivity index (χ4v) is 3.08. The summed E-state index contributed by atoms with van der Waals surface area (Å²) in [4.78, 5) is 25.5. The molecule has 2 aromatic rings. The minimum absolute atomic E-state index is 0.199. The first-order valence-corrected chi connectivity index (χ1v) is 9.65. The maximum atomic E-state index is 12.9. The van der Waals surface area contributed by atoms with Crippen LogP contribution < -0.4 is 10.6 Å². The second kappa shape index (κ2) is 9.56. The van der Waals surface area contributed by atoms with Gasteiger partial charge in [0.2, 0.25) is 5.91 Å². The first-order valence-electron chi connectivity index (χ1n) is 9.27. The first kappa shape index (κ1) is 21.0. The summed E-state index contributed by atoms with van der Waals surface area (Å²) in [6, 6.07) is 12.0. The number of carbonyl (C=O) groups excluding carboxylic acids is 2. The number of benzene rings is 2. The Bertz CT molecular complexity index is 800. The Hall–Kier alpha value is -2.33. The monoisotopic (exact) mass is 386 g/mol. The van der Waals surface area contributed by atoms with Crippen molar-refractivity contribution in [3.8, 4) is 0 Å². The minimum Gasteiger partial charge on any atom is -0.340 e. The second-order valence-corrected chi connectivity index (χ2v) is 7.55. The highest BCUT2D eigenvalue weighted by Gasteiger charge is 2.23. The zero-order valence-electron chi connectivity index (χ0n) is 16.3. The molecule has 0 aliphatic carbocycles. The third-order valence-corrected chi connectivity index (χ3v) is 4.68. The highest BCUT2D eigenvalue weighted by molar-refractivity contribution is 6.30. The summed E-state index contributed by atoms with van der Waals surface area (Å²) < 4.78 is 0. The van der Waals surface area contributed by atoms with Crippen LogP contribution in [0.1, 0.15) is 48.7 Å². The lowest BCUT2D eigenvalue weighted by Crippen LogP contribution is -2.44. The Kier molecular flexibility index (Phi) is 7.43. The number of para-hydroxylation sites is 1. The molecule has 2 aromatic carbocycles. The number of hydrogen-bond acceptors (Lipinski definition) is 2. The van der Waals surface area contributed by atoms with E-state index in [0.717, 1.165) is 23.2 Å². The van der Waals surface area contributed by atoms with Crippen LogP contribution in [0.25, 0.3) is 0 Å². The number of halogens is 1. The van der Waals surface area contributed by atoms with Gasteiger partial charge in [0.1, 0.15) is 6.04 Å². The lowest BCUT2D eigenvalue weighted by atomic mass is 10.0. The number of nitrogens with one attached hydrogen (secondary N) is 2.